The Bertz CT molecular complexity index is 402. The lowest BCUT2D eigenvalue weighted by Gasteiger charge is -2.47. The predicted octanol–water partition coefficient (Wildman–Crippen LogP) is 3.13. The highest BCUT2D eigenvalue weighted by molar-refractivity contribution is 14.2. The molecular formula is C13H23IN2O2S. The van der Waals surface area contributed by atoms with Crippen LogP contribution in [0.1, 0.15) is 40.0 Å². The van der Waals surface area contributed by atoms with Crippen LogP contribution in [0.2, 0.25) is 0 Å². The molecular weight excluding hydrogens is 375 g/mol. The van der Waals surface area contributed by atoms with Crippen molar-refractivity contribution in [3.05, 3.63) is 0 Å². The SMILES string of the molecule is CS(I)=C1NC[C@H]2CCC[C@@H]1N2C(=O)OC(C)(C)C. The maximum Gasteiger partial charge on any atom is 0.411 e. The van der Waals surface area contributed by atoms with Crippen molar-refractivity contribution in [2.75, 3.05) is 12.8 Å². The van der Waals surface area contributed by atoms with E-state index in [-0.39, 0.29) is 25.8 Å². The summed E-state index contributed by atoms with van der Waals surface area (Å²) in [7, 11) is 0.153. The Kier molecular flexibility index (Phi) is 4.83. The third-order valence-electron chi connectivity index (χ3n) is 3.47. The van der Waals surface area contributed by atoms with Crippen molar-refractivity contribution in [3.8, 4) is 0 Å². The third-order valence-corrected chi connectivity index (χ3v) is 5.91. The molecule has 0 saturated carbocycles. The number of piperazine rings is 1. The summed E-state index contributed by atoms with van der Waals surface area (Å²) < 4.78 is 5.59. The van der Waals surface area contributed by atoms with E-state index in [4.69, 9.17) is 4.74 Å². The minimum atomic E-state index is -0.422. The van der Waals surface area contributed by atoms with E-state index in [0.29, 0.717) is 0 Å². The van der Waals surface area contributed by atoms with Gasteiger partial charge in [-0.05, 0) is 67.5 Å². The molecule has 0 spiro atoms. The van der Waals surface area contributed by atoms with E-state index in [1.165, 1.54) is 11.4 Å². The molecule has 0 aliphatic carbocycles. The summed E-state index contributed by atoms with van der Waals surface area (Å²) >= 11 is 2.44. The van der Waals surface area contributed by atoms with E-state index in [1.54, 1.807) is 0 Å². The number of piperidine rings is 1. The van der Waals surface area contributed by atoms with Crippen LogP contribution in [-0.2, 0) is 4.74 Å². The molecule has 4 nitrogen and oxygen atoms in total. The number of fused-ring (bicyclic) bond motifs is 2. The first-order valence-electron chi connectivity index (χ1n) is 6.74. The first kappa shape index (κ1) is 15.6. The molecule has 2 bridgehead atoms. The second kappa shape index (κ2) is 5.89. The number of halogens is 1. The molecule has 1 N–H and O–H groups in total. The third kappa shape index (κ3) is 3.64. The summed E-state index contributed by atoms with van der Waals surface area (Å²) in [5.74, 6) is 0. The van der Waals surface area contributed by atoms with Gasteiger partial charge in [-0.2, -0.15) is 0 Å². The lowest BCUT2D eigenvalue weighted by molar-refractivity contribution is 0.000701. The second-order valence-corrected chi connectivity index (χ2v) is 11.4. The smallest absolute Gasteiger partial charge is 0.411 e. The van der Waals surface area contributed by atoms with E-state index in [0.717, 1.165) is 19.4 Å². The highest BCUT2D eigenvalue weighted by atomic mass is 127. The lowest BCUT2D eigenvalue weighted by Crippen LogP contribution is -2.64. The van der Waals surface area contributed by atoms with Crippen LogP contribution >= 0.6 is 28.9 Å². The zero-order valence-corrected chi connectivity index (χ0v) is 15.0. The minimum Gasteiger partial charge on any atom is -0.444 e. The molecule has 6 heteroatoms. The number of carbonyl (C=O) groups is 1. The average molecular weight is 398 g/mol. The van der Waals surface area contributed by atoms with Crippen molar-refractivity contribution in [2.24, 2.45) is 0 Å². The molecule has 2 aliphatic rings. The van der Waals surface area contributed by atoms with Crippen LogP contribution < -0.4 is 5.32 Å². The van der Waals surface area contributed by atoms with Gasteiger partial charge >= 0.3 is 6.09 Å². The number of ether oxygens (including phenoxy) is 1. The van der Waals surface area contributed by atoms with Crippen LogP contribution in [-0.4, -0.2) is 46.5 Å². The summed E-state index contributed by atoms with van der Waals surface area (Å²) in [6.07, 6.45) is 5.38. The van der Waals surface area contributed by atoms with Crippen LogP contribution in [0.5, 0.6) is 0 Å². The number of hydrogen-bond acceptors (Lipinski definition) is 2. The molecule has 0 radical (unpaired) electrons. The molecule has 2 saturated heterocycles. The van der Waals surface area contributed by atoms with Crippen LogP contribution in [0.25, 0.3) is 0 Å². The molecule has 0 aromatic rings. The first-order chi connectivity index (χ1) is 8.79. The predicted molar refractivity (Wildman–Crippen MR) is 90.0 cm³/mol. The van der Waals surface area contributed by atoms with E-state index in [9.17, 15) is 4.79 Å². The quantitative estimate of drug-likeness (QED) is 0.504. The van der Waals surface area contributed by atoms with Crippen molar-refractivity contribution in [1.29, 1.82) is 0 Å². The van der Waals surface area contributed by atoms with Gasteiger partial charge in [0.2, 0.25) is 0 Å². The first-order valence-corrected chi connectivity index (χ1v) is 10.9. The normalized spacial score (nSPS) is 31.0. The van der Waals surface area contributed by atoms with Gasteiger partial charge in [-0.3, -0.25) is 10.2 Å². The summed E-state index contributed by atoms with van der Waals surface area (Å²) in [5.41, 5.74) is -0.422. The zero-order valence-electron chi connectivity index (χ0n) is 12.0. The van der Waals surface area contributed by atoms with Gasteiger partial charge in [0.15, 0.2) is 0 Å². The summed E-state index contributed by atoms with van der Waals surface area (Å²) in [4.78, 5) is 15.8. The number of rotatable bonds is 0. The molecule has 2 rings (SSSR count). The summed E-state index contributed by atoms with van der Waals surface area (Å²) in [6, 6.07) is 0.505. The van der Waals surface area contributed by atoms with Crippen molar-refractivity contribution >= 4 is 39.9 Å². The fraction of sp³-hybridized carbons (Fsp3) is 0.846. The van der Waals surface area contributed by atoms with Gasteiger partial charge in [0.05, 0.1) is 6.04 Å². The van der Waals surface area contributed by atoms with Crippen LogP contribution in [0, 0.1) is 0 Å². The molecule has 2 heterocycles. The van der Waals surface area contributed by atoms with E-state index < -0.39 is 5.60 Å². The standard InChI is InChI=1S/C13H23IN2O2S/c1-13(2,3)18-12(17)16-9-6-5-7-10(16)11(15-8-9)19(4)14/h9-10,15H,5-8H2,1-4H3/t9-,10+,19?/m1/s1. The Morgan fingerprint density at radius 1 is 1.47 bits per heavy atom. The Hall–Kier alpha value is 0.180. The summed E-state index contributed by atoms with van der Waals surface area (Å²) in [6.45, 7) is 6.65. The molecule has 2 fully saturated rings. The number of amides is 1. The zero-order chi connectivity index (χ0) is 14.2. The molecule has 19 heavy (non-hydrogen) atoms. The van der Waals surface area contributed by atoms with E-state index in [1.807, 2.05) is 25.7 Å². The monoisotopic (exact) mass is 398 g/mol. The Morgan fingerprint density at radius 3 is 2.74 bits per heavy atom. The Balaban J connectivity index is 2.22. The van der Waals surface area contributed by atoms with Gasteiger partial charge in [-0.15, -0.1) is 7.66 Å². The molecule has 110 valence electrons. The Labute approximate surface area is 130 Å². The molecule has 3 atom stereocenters. The van der Waals surface area contributed by atoms with E-state index >= 15 is 0 Å². The van der Waals surface area contributed by atoms with Gasteiger partial charge in [-0.1, -0.05) is 0 Å². The lowest BCUT2D eigenvalue weighted by atomic mass is 9.93. The van der Waals surface area contributed by atoms with Crippen LogP contribution in [0.4, 0.5) is 4.79 Å². The van der Waals surface area contributed by atoms with Crippen LogP contribution in [0.15, 0.2) is 0 Å². The van der Waals surface area contributed by atoms with Crippen molar-refractivity contribution in [1.82, 2.24) is 10.2 Å². The topological polar surface area (TPSA) is 41.6 Å². The van der Waals surface area contributed by atoms with Crippen molar-refractivity contribution in [2.45, 2.75) is 57.7 Å². The fourth-order valence-electron chi connectivity index (χ4n) is 2.75. The maximum absolute atomic E-state index is 12.5. The van der Waals surface area contributed by atoms with Gasteiger partial charge in [0.25, 0.3) is 0 Å². The number of nitrogens with one attached hydrogen (secondary N) is 1. The second-order valence-electron chi connectivity index (χ2n) is 6.17. The van der Waals surface area contributed by atoms with Gasteiger partial charge < -0.3 is 4.74 Å². The Morgan fingerprint density at radius 2 is 2.16 bits per heavy atom. The molecule has 1 unspecified atom stereocenters. The molecule has 0 aromatic carbocycles. The average Bonchev–Trinajstić information content (AvgIpc) is 2.25. The van der Waals surface area contributed by atoms with Gasteiger partial charge in [0.1, 0.15) is 5.60 Å². The molecule has 0 aromatic heterocycles. The van der Waals surface area contributed by atoms with Gasteiger partial charge in [-0.25, -0.2) is 4.79 Å². The van der Waals surface area contributed by atoms with E-state index in [2.05, 4.69) is 32.8 Å². The minimum absolute atomic E-state index is 0.150. The van der Waals surface area contributed by atoms with Crippen LogP contribution in [0.3, 0.4) is 0 Å². The number of nitrogens with zero attached hydrogens (tertiary/aromatic N) is 1. The maximum atomic E-state index is 12.5. The number of carbonyl (C=O) groups excluding carboxylic acids is 1. The molecule has 1 amide bonds. The molecule has 2 aliphatic heterocycles. The summed E-state index contributed by atoms with van der Waals surface area (Å²) in [5, 5.41) is 3.54. The van der Waals surface area contributed by atoms with Crippen molar-refractivity contribution < 1.29 is 9.53 Å². The van der Waals surface area contributed by atoms with Crippen molar-refractivity contribution in [3.63, 3.8) is 0 Å². The largest absolute Gasteiger partial charge is 0.444 e. The highest BCUT2D eigenvalue weighted by Gasteiger charge is 2.42. The fourth-order valence-corrected chi connectivity index (χ4v) is 4.99. The number of hydrogen-bond donors (Lipinski definition) is 1. The van der Waals surface area contributed by atoms with Gasteiger partial charge in [0, 0.05) is 17.6 Å². The highest BCUT2D eigenvalue weighted by Crippen LogP contribution is 2.33.